The Morgan fingerprint density at radius 3 is 2.67 bits per heavy atom. The van der Waals surface area contributed by atoms with Gasteiger partial charge in [-0.15, -0.1) is 11.6 Å². The van der Waals surface area contributed by atoms with Crippen molar-refractivity contribution in [3.05, 3.63) is 34.6 Å². The molecule has 0 aliphatic rings. The normalized spacial score (nSPS) is 14.1. The molecule has 1 rings (SSSR count). The predicted molar refractivity (Wildman–Crippen MR) is 72.9 cm³/mol. The van der Waals surface area contributed by atoms with E-state index in [9.17, 15) is 9.18 Å². The zero-order chi connectivity index (χ0) is 13.8. The van der Waals surface area contributed by atoms with E-state index in [4.69, 9.17) is 23.2 Å². The van der Waals surface area contributed by atoms with E-state index in [-0.39, 0.29) is 10.6 Å². The van der Waals surface area contributed by atoms with Crippen LogP contribution in [-0.4, -0.2) is 17.3 Å². The Kier molecular flexibility index (Phi) is 5.42. The maximum Gasteiger partial charge on any atom is 0.254 e. The van der Waals surface area contributed by atoms with E-state index in [1.807, 2.05) is 13.8 Å². The van der Waals surface area contributed by atoms with Gasteiger partial charge < -0.3 is 5.32 Å². The van der Waals surface area contributed by atoms with Crippen LogP contribution in [0.1, 0.15) is 37.0 Å². The Bertz CT molecular complexity index is 439. The van der Waals surface area contributed by atoms with Crippen LogP contribution in [0.2, 0.25) is 5.02 Å². The quantitative estimate of drug-likeness (QED) is 0.816. The highest BCUT2D eigenvalue weighted by atomic mass is 35.5. The van der Waals surface area contributed by atoms with Gasteiger partial charge in [-0.25, -0.2) is 4.39 Å². The van der Waals surface area contributed by atoms with Gasteiger partial charge in [0.25, 0.3) is 5.91 Å². The lowest BCUT2D eigenvalue weighted by molar-refractivity contribution is 0.0897. The molecule has 0 saturated carbocycles. The average molecular weight is 292 g/mol. The molecule has 1 unspecified atom stereocenters. The standard InChI is InChI=1S/C13H16Cl2FNO/c1-3-13(2,6-7-14)17-12(18)10-5-4-9(15)8-11(10)16/h4-5,8H,3,6-7H2,1-2H3,(H,17,18). The molecule has 1 atom stereocenters. The monoisotopic (exact) mass is 291 g/mol. The third kappa shape index (κ3) is 3.85. The third-order valence-electron chi connectivity index (χ3n) is 3.02. The van der Waals surface area contributed by atoms with Crippen LogP contribution in [0.15, 0.2) is 18.2 Å². The minimum absolute atomic E-state index is 0.00588. The highest BCUT2D eigenvalue weighted by Gasteiger charge is 2.25. The Balaban J connectivity index is 2.87. The molecule has 100 valence electrons. The molecule has 0 fully saturated rings. The zero-order valence-electron chi connectivity index (χ0n) is 10.4. The summed E-state index contributed by atoms with van der Waals surface area (Å²) in [5, 5.41) is 3.08. The van der Waals surface area contributed by atoms with E-state index in [1.54, 1.807) is 0 Å². The van der Waals surface area contributed by atoms with Crippen LogP contribution >= 0.6 is 23.2 Å². The van der Waals surface area contributed by atoms with Gasteiger partial charge in [-0.1, -0.05) is 18.5 Å². The van der Waals surface area contributed by atoms with E-state index in [0.29, 0.717) is 12.3 Å². The summed E-state index contributed by atoms with van der Waals surface area (Å²) in [5.41, 5.74) is -0.432. The molecule has 0 radical (unpaired) electrons. The Morgan fingerprint density at radius 1 is 1.50 bits per heavy atom. The van der Waals surface area contributed by atoms with Gasteiger partial charge in [0.15, 0.2) is 0 Å². The summed E-state index contributed by atoms with van der Waals surface area (Å²) in [5.74, 6) is -0.628. The van der Waals surface area contributed by atoms with Crippen molar-refractivity contribution >= 4 is 29.1 Å². The molecule has 0 bridgehead atoms. The fourth-order valence-corrected chi connectivity index (χ4v) is 2.13. The number of carbonyl (C=O) groups is 1. The van der Waals surface area contributed by atoms with Crippen LogP contribution in [-0.2, 0) is 0 Å². The number of hydrogen-bond acceptors (Lipinski definition) is 1. The van der Waals surface area contributed by atoms with Crippen molar-refractivity contribution in [1.82, 2.24) is 5.32 Å². The summed E-state index contributed by atoms with van der Waals surface area (Å²) in [4.78, 5) is 12.0. The van der Waals surface area contributed by atoms with Gasteiger partial charge in [-0.3, -0.25) is 4.79 Å². The summed E-state index contributed by atoms with van der Waals surface area (Å²) < 4.78 is 13.6. The molecule has 1 aromatic rings. The maximum absolute atomic E-state index is 13.6. The molecule has 0 saturated heterocycles. The summed E-state index contributed by atoms with van der Waals surface area (Å²) in [6.07, 6.45) is 1.35. The van der Waals surface area contributed by atoms with Crippen molar-refractivity contribution in [3.63, 3.8) is 0 Å². The summed E-state index contributed by atoms with van der Waals surface area (Å²) >= 11 is 11.3. The Labute approximate surface area is 116 Å². The Hall–Kier alpha value is -0.800. The molecule has 1 N–H and O–H groups in total. The number of carbonyl (C=O) groups excluding carboxylic acids is 1. The van der Waals surface area contributed by atoms with Crippen molar-refractivity contribution in [2.24, 2.45) is 0 Å². The lowest BCUT2D eigenvalue weighted by Crippen LogP contribution is -2.46. The molecule has 1 amide bonds. The van der Waals surface area contributed by atoms with Crippen LogP contribution in [0, 0.1) is 5.82 Å². The predicted octanol–water partition coefficient (Wildman–Crippen LogP) is 4.01. The van der Waals surface area contributed by atoms with Gasteiger partial charge in [-0.05, 0) is 38.0 Å². The first-order chi connectivity index (χ1) is 8.41. The van der Waals surface area contributed by atoms with E-state index < -0.39 is 17.3 Å². The SMILES string of the molecule is CCC(C)(CCCl)NC(=O)c1ccc(Cl)cc1F. The molecular formula is C13H16Cl2FNO. The topological polar surface area (TPSA) is 29.1 Å². The maximum atomic E-state index is 13.6. The highest BCUT2D eigenvalue weighted by Crippen LogP contribution is 2.19. The summed E-state index contributed by atoms with van der Waals surface area (Å²) in [7, 11) is 0. The van der Waals surface area contributed by atoms with Crippen molar-refractivity contribution in [2.45, 2.75) is 32.2 Å². The smallest absolute Gasteiger partial charge is 0.254 e. The molecular weight excluding hydrogens is 276 g/mol. The number of rotatable bonds is 5. The van der Waals surface area contributed by atoms with Gasteiger partial charge in [-0.2, -0.15) is 0 Å². The largest absolute Gasteiger partial charge is 0.347 e. The van der Waals surface area contributed by atoms with Gasteiger partial charge in [0.05, 0.1) is 5.56 Å². The van der Waals surface area contributed by atoms with Crippen LogP contribution < -0.4 is 5.32 Å². The molecule has 18 heavy (non-hydrogen) atoms. The highest BCUT2D eigenvalue weighted by molar-refractivity contribution is 6.30. The molecule has 0 aromatic heterocycles. The average Bonchev–Trinajstić information content (AvgIpc) is 2.28. The number of halogens is 3. The number of hydrogen-bond donors (Lipinski definition) is 1. The first kappa shape index (κ1) is 15.3. The lowest BCUT2D eigenvalue weighted by Gasteiger charge is -2.29. The second-order valence-electron chi connectivity index (χ2n) is 4.43. The molecule has 0 aliphatic carbocycles. The first-order valence-electron chi connectivity index (χ1n) is 5.75. The van der Waals surface area contributed by atoms with Crippen LogP contribution in [0.5, 0.6) is 0 Å². The van der Waals surface area contributed by atoms with E-state index in [2.05, 4.69) is 5.32 Å². The number of alkyl halides is 1. The number of benzene rings is 1. The minimum atomic E-state index is -0.621. The van der Waals surface area contributed by atoms with Crippen LogP contribution in [0.3, 0.4) is 0 Å². The number of nitrogens with one attached hydrogen (secondary N) is 1. The molecule has 1 aromatic carbocycles. The van der Waals surface area contributed by atoms with Crippen molar-refractivity contribution in [3.8, 4) is 0 Å². The third-order valence-corrected chi connectivity index (χ3v) is 3.44. The van der Waals surface area contributed by atoms with Crippen LogP contribution in [0.4, 0.5) is 4.39 Å². The van der Waals surface area contributed by atoms with Crippen molar-refractivity contribution in [2.75, 3.05) is 5.88 Å². The van der Waals surface area contributed by atoms with Gasteiger partial charge in [0.2, 0.25) is 0 Å². The van der Waals surface area contributed by atoms with Crippen molar-refractivity contribution < 1.29 is 9.18 Å². The Morgan fingerprint density at radius 2 is 2.17 bits per heavy atom. The molecule has 0 spiro atoms. The zero-order valence-corrected chi connectivity index (χ0v) is 11.9. The molecule has 0 heterocycles. The van der Waals surface area contributed by atoms with Gasteiger partial charge in [0.1, 0.15) is 5.82 Å². The van der Waals surface area contributed by atoms with Crippen molar-refractivity contribution in [1.29, 1.82) is 0 Å². The molecule has 5 heteroatoms. The fourth-order valence-electron chi connectivity index (χ4n) is 1.55. The minimum Gasteiger partial charge on any atom is -0.347 e. The second-order valence-corrected chi connectivity index (χ2v) is 5.25. The molecule has 0 aliphatic heterocycles. The number of amides is 1. The van der Waals surface area contributed by atoms with Crippen LogP contribution in [0.25, 0.3) is 0 Å². The van der Waals surface area contributed by atoms with Gasteiger partial charge in [0, 0.05) is 16.4 Å². The van der Waals surface area contributed by atoms with E-state index >= 15 is 0 Å². The second kappa shape index (κ2) is 6.39. The van der Waals surface area contributed by atoms with Gasteiger partial charge >= 0.3 is 0 Å². The lowest BCUT2D eigenvalue weighted by atomic mass is 9.95. The van der Waals surface area contributed by atoms with E-state index in [0.717, 1.165) is 12.5 Å². The fraction of sp³-hybridized carbons (Fsp3) is 0.462. The summed E-state index contributed by atoms with van der Waals surface area (Å²) in [6, 6.07) is 4.00. The first-order valence-corrected chi connectivity index (χ1v) is 6.66. The van der Waals surface area contributed by atoms with E-state index in [1.165, 1.54) is 12.1 Å². The molecule has 2 nitrogen and oxygen atoms in total. The summed E-state index contributed by atoms with van der Waals surface area (Å²) in [6.45, 7) is 3.84.